The monoisotopic (exact) mass is 249 g/mol. The van der Waals surface area contributed by atoms with Gasteiger partial charge in [0.2, 0.25) is 0 Å². The molecule has 8 heteroatoms. The summed E-state index contributed by atoms with van der Waals surface area (Å²) in [6.45, 7) is 0. The van der Waals surface area contributed by atoms with E-state index in [0.29, 0.717) is 5.69 Å². The lowest BCUT2D eigenvalue weighted by Gasteiger charge is -2.05. The van der Waals surface area contributed by atoms with Crippen molar-refractivity contribution in [2.75, 3.05) is 4.72 Å². The third-order valence-corrected chi connectivity index (χ3v) is 3.28. The van der Waals surface area contributed by atoms with E-state index in [1.807, 2.05) is 0 Å². The minimum Gasteiger partial charge on any atom is -0.278 e. The first kappa shape index (κ1) is 11.1. The molecule has 0 radical (unpaired) electrons. The minimum absolute atomic E-state index is 0.0356. The second-order valence-corrected chi connectivity index (χ2v) is 4.69. The molecule has 0 amide bonds. The molecule has 0 aliphatic heterocycles. The Hall–Kier alpha value is -2.40. The number of hydrogen-bond acceptors (Lipinski definition) is 5. The Bertz CT molecular complexity index is 656. The smallest absolute Gasteiger partial charge is 0.278 e. The number of nitriles is 1. The molecule has 0 aliphatic rings. The Balaban J connectivity index is 2.36. The van der Waals surface area contributed by atoms with Crippen molar-refractivity contribution >= 4 is 15.7 Å². The van der Waals surface area contributed by atoms with Gasteiger partial charge in [0.1, 0.15) is 11.6 Å². The van der Waals surface area contributed by atoms with Crippen LogP contribution in [0.5, 0.6) is 0 Å². The largest absolute Gasteiger partial charge is 0.280 e. The predicted octanol–water partition coefficient (Wildman–Crippen LogP) is 0.477. The number of sulfonamides is 1. The fourth-order valence-electron chi connectivity index (χ4n) is 1.18. The van der Waals surface area contributed by atoms with Crippen LogP contribution in [-0.2, 0) is 10.0 Å². The van der Waals surface area contributed by atoms with E-state index >= 15 is 0 Å². The number of anilines is 1. The van der Waals surface area contributed by atoms with Crippen molar-refractivity contribution < 1.29 is 8.42 Å². The number of nitrogens with zero attached hydrogens (tertiary/aromatic N) is 3. The Morgan fingerprint density at radius 1 is 1.35 bits per heavy atom. The number of rotatable bonds is 3. The predicted molar refractivity (Wildman–Crippen MR) is 58.3 cm³/mol. The van der Waals surface area contributed by atoms with Crippen LogP contribution < -0.4 is 4.72 Å². The van der Waals surface area contributed by atoms with Gasteiger partial charge in [0.25, 0.3) is 10.0 Å². The number of aromatic amines is 1. The molecule has 0 unspecified atom stereocenters. The Kier molecular flexibility index (Phi) is 2.76. The highest BCUT2D eigenvalue weighted by Gasteiger charge is 2.20. The van der Waals surface area contributed by atoms with Crippen LogP contribution in [0.15, 0.2) is 35.7 Å². The second-order valence-electron chi connectivity index (χ2n) is 3.07. The molecule has 2 aromatic heterocycles. The molecule has 0 saturated carbocycles. The first-order chi connectivity index (χ1) is 8.13. The summed E-state index contributed by atoms with van der Waals surface area (Å²) in [7, 11) is -3.83. The van der Waals surface area contributed by atoms with Gasteiger partial charge >= 0.3 is 0 Å². The van der Waals surface area contributed by atoms with Crippen molar-refractivity contribution in [2.24, 2.45) is 0 Å². The molecule has 0 bridgehead atoms. The average molecular weight is 249 g/mol. The third-order valence-electron chi connectivity index (χ3n) is 1.93. The van der Waals surface area contributed by atoms with E-state index in [4.69, 9.17) is 5.26 Å². The molecule has 0 atom stereocenters. The fraction of sp³-hybridized carbons (Fsp3) is 0. The van der Waals surface area contributed by atoms with Gasteiger partial charge in [0, 0.05) is 12.4 Å². The summed E-state index contributed by atoms with van der Waals surface area (Å²) < 4.78 is 26.1. The van der Waals surface area contributed by atoms with E-state index < -0.39 is 10.0 Å². The van der Waals surface area contributed by atoms with Gasteiger partial charge in [-0.25, -0.2) is 0 Å². The standard InChI is InChI=1S/C9H7N5O2S/c10-5-7-6-12-13-9(7)17(15,16)14-8-1-3-11-4-2-8/h1-4,6H,(H,11,14)(H,12,13). The van der Waals surface area contributed by atoms with Crippen molar-refractivity contribution in [3.63, 3.8) is 0 Å². The van der Waals surface area contributed by atoms with Crippen molar-refractivity contribution in [2.45, 2.75) is 5.03 Å². The van der Waals surface area contributed by atoms with Gasteiger partial charge in [-0.05, 0) is 12.1 Å². The van der Waals surface area contributed by atoms with Crippen LogP contribution in [0.1, 0.15) is 5.56 Å². The van der Waals surface area contributed by atoms with Gasteiger partial charge in [0.15, 0.2) is 5.03 Å². The van der Waals surface area contributed by atoms with Crippen molar-refractivity contribution in [3.8, 4) is 6.07 Å². The van der Waals surface area contributed by atoms with Crippen LogP contribution in [0.3, 0.4) is 0 Å². The van der Waals surface area contributed by atoms with E-state index in [2.05, 4.69) is 19.9 Å². The molecule has 86 valence electrons. The molecular weight excluding hydrogens is 242 g/mol. The molecule has 2 rings (SSSR count). The molecule has 2 N–H and O–H groups in total. The lowest BCUT2D eigenvalue weighted by Crippen LogP contribution is -2.14. The summed E-state index contributed by atoms with van der Waals surface area (Å²) in [6.07, 6.45) is 4.06. The summed E-state index contributed by atoms with van der Waals surface area (Å²) in [5.74, 6) is 0. The molecule has 17 heavy (non-hydrogen) atoms. The number of H-pyrrole nitrogens is 1. The Morgan fingerprint density at radius 3 is 2.71 bits per heavy atom. The van der Waals surface area contributed by atoms with Gasteiger partial charge in [-0.1, -0.05) is 0 Å². The first-order valence-electron chi connectivity index (χ1n) is 4.50. The molecule has 0 fully saturated rings. The summed E-state index contributed by atoms with van der Waals surface area (Å²) in [5, 5.41) is 14.3. The molecule has 7 nitrogen and oxygen atoms in total. The summed E-state index contributed by atoms with van der Waals surface area (Å²) in [5.41, 5.74) is 0.324. The highest BCUT2D eigenvalue weighted by molar-refractivity contribution is 7.92. The molecule has 0 aliphatic carbocycles. The quantitative estimate of drug-likeness (QED) is 0.821. The van der Waals surface area contributed by atoms with Crippen LogP contribution in [0.2, 0.25) is 0 Å². The molecule has 0 aromatic carbocycles. The van der Waals surface area contributed by atoms with Gasteiger partial charge < -0.3 is 0 Å². The van der Waals surface area contributed by atoms with E-state index in [1.54, 1.807) is 6.07 Å². The maximum absolute atomic E-state index is 11.9. The zero-order valence-electron chi connectivity index (χ0n) is 8.45. The summed E-state index contributed by atoms with van der Waals surface area (Å²) in [6, 6.07) is 4.74. The van der Waals surface area contributed by atoms with Gasteiger partial charge in [0.05, 0.1) is 11.9 Å². The van der Waals surface area contributed by atoms with Crippen molar-refractivity contribution in [3.05, 3.63) is 36.3 Å². The maximum atomic E-state index is 11.9. The molecule has 0 saturated heterocycles. The van der Waals surface area contributed by atoms with Crippen LogP contribution in [0, 0.1) is 11.3 Å². The number of hydrogen-bond donors (Lipinski definition) is 2. The third kappa shape index (κ3) is 2.24. The zero-order valence-corrected chi connectivity index (χ0v) is 9.27. The summed E-state index contributed by atoms with van der Waals surface area (Å²) in [4.78, 5) is 3.76. The lowest BCUT2D eigenvalue weighted by atomic mass is 10.4. The number of aromatic nitrogens is 3. The SMILES string of the molecule is N#Cc1cn[nH]c1S(=O)(=O)Nc1ccncc1. The minimum atomic E-state index is -3.83. The molecule has 0 spiro atoms. The lowest BCUT2D eigenvalue weighted by molar-refractivity contribution is 0.597. The van der Waals surface area contributed by atoms with E-state index in [9.17, 15) is 8.42 Å². The van der Waals surface area contributed by atoms with E-state index in [0.717, 1.165) is 6.20 Å². The van der Waals surface area contributed by atoms with E-state index in [-0.39, 0.29) is 10.6 Å². The van der Waals surface area contributed by atoms with Crippen LogP contribution >= 0.6 is 0 Å². The topological polar surface area (TPSA) is 112 Å². The fourth-order valence-corrected chi connectivity index (χ4v) is 2.29. The number of pyridine rings is 1. The molecule has 2 heterocycles. The second kappa shape index (κ2) is 4.23. The van der Waals surface area contributed by atoms with Gasteiger partial charge in [-0.3, -0.25) is 14.8 Å². The highest BCUT2D eigenvalue weighted by Crippen LogP contribution is 2.15. The van der Waals surface area contributed by atoms with Crippen LogP contribution in [0.25, 0.3) is 0 Å². The van der Waals surface area contributed by atoms with Gasteiger partial charge in [-0.15, -0.1) is 0 Å². The first-order valence-corrected chi connectivity index (χ1v) is 5.98. The zero-order chi connectivity index (χ0) is 12.3. The molecule has 2 aromatic rings. The van der Waals surface area contributed by atoms with Crippen molar-refractivity contribution in [1.82, 2.24) is 15.2 Å². The Labute approximate surface area is 97.2 Å². The normalized spacial score (nSPS) is 10.8. The maximum Gasteiger partial charge on any atom is 0.280 e. The molecular formula is C9H7N5O2S. The summed E-state index contributed by atoms with van der Waals surface area (Å²) >= 11 is 0. The van der Waals surface area contributed by atoms with E-state index in [1.165, 1.54) is 24.5 Å². The average Bonchev–Trinajstić information content (AvgIpc) is 2.78. The highest BCUT2D eigenvalue weighted by atomic mass is 32.2. The van der Waals surface area contributed by atoms with Crippen molar-refractivity contribution in [1.29, 1.82) is 5.26 Å². The van der Waals surface area contributed by atoms with Crippen LogP contribution in [-0.4, -0.2) is 23.6 Å². The van der Waals surface area contributed by atoms with Crippen LogP contribution in [0.4, 0.5) is 5.69 Å². The van der Waals surface area contributed by atoms with Gasteiger partial charge in [-0.2, -0.15) is 18.8 Å². The Morgan fingerprint density at radius 2 is 2.06 bits per heavy atom. The number of nitrogens with one attached hydrogen (secondary N) is 2.